The summed E-state index contributed by atoms with van der Waals surface area (Å²) in [5.74, 6) is 0. The molecule has 2 aromatic heterocycles. The van der Waals surface area contributed by atoms with E-state index in [1.54, 1.807) is 0 Å². The monoisotopic (exact) mass is 811 g/mol. The van der Waals surface area contributed by atoms with Gasteiger partial charge in [0.1, 0.15) is 11.2 Å². The van der Waals surface area contributed by atoms with Gasteiger partial charge in [0.15, 0.2) is 0 Å². The molecule has 0 bridgehead atoms. The molecule has 0 radical (unpaired) electrons. The van der Waals surface area contributed by atoms with Crippen molar-refractivity contribution in [3.05, 3.63) is 230 Å². The Morgan fingerprint density at radius 3 is 1.98 bits per heavy atom. The number of allylic oxidation sites excluding steroid dienone is 2. The van der Waals surface area contributed by atoms with Crippen molar-refractivity contribution in [2.75, 3.05) is 4.90 Å². The van der Waals surface area contributed by atoms with Gasteiger partial charge in [0.05, 0.1) is 6.04 Å². The summed E-state index contributed by atoms with van der Waals surface area (Å²) in [5.41, 5.74) is 12.1. The van der Waals surface area contributed by atoms with E-state index in [0.717, 1.165) is 33.3 Å². The Kier molecular flexibility index (Phi) is 8.58. The first-order chi connectivity index (χ1) is 30.6. The first-order valence-electron chi connectivity index (χ1n) is 21.4. The average molecular weight is 812 g/mol. The van der Waals surface area contributed by atoms with E-state index < -0.39 is 5.41 Å². The van der Waals surface area contributed by atoms with Gasteiger partial charge in [-0.2, -0.15) is 0 Å². The van der Waals surface area contributed by atoms with Gasteiger partial charge in [-0.3, -0.25) is 0 Å². The average Bonchev–Trinajstić information content (AvgIpc) is 3.91. The minimum Gasteiger partial charge on any atom is -0.456 e. The molecule has 2 nitrogen and oxygen atoms in total. The lowest BCUT2D eigenvalue weighted by Crippen LogP contribution is -2.46. The predicted octanol–water partition coefficient (Wildman–Crippen LogP) is 16.7. The molecule has 9 aromatic carbocycles. The molecule has 0 N–H and O–H groups in total. The summed E-state index contributed by atoms with van der Waals surface area (Å²) in [6.07, 6.45) is 9.17. The van der Waals surface area contributed by atoms with Gasteiger partial charge in [0.2, 0.25) is 0 Å². The lowest BCUT2D eigenvalue weighted by atomic mass is 9.72. The van der Waals surface area contributed by atoms with Gasteiger partial charge in [-0.15, -0.1) is 11.3 Å². The number of rotatable bonds is 7. The molecule has 1 aliphatic carbocycles. The number of nitrogens with zero attached hydrogens (tertiary/aromatic N) is 1. The van der Waals surface area contributed by atoms with Crippen molar-refractivity contribution < 1.29 is 4.42 Å². The van der Waals surface area contributed by atoms with E-state index >= 15 is 0 Å². The largest absolute Gasteiger partial charge is 0.456 e. The SMILES string of the molecule is CC1(c2ccc3c(c2)oc2ccccc23)C=CC=CC1N(c1ccc(-c2cccc3sc4ccccc4c23)cc1)c1ccccc1-c1cccc2cccc(-c3ccccc3)c12. The zero-order chi connectivity index (χ0) is 41.2. The van der Waals surface area contributed by atoms with Crippen molar-refractivity contribution in [2.24, 2.45) is 0 Å². The van der Waals surface area contributed by atoms with Gasteiger partial charge in [-0.25, -0.2) is 0 Å². The van der Waals surface area contributed by atoms with Crippen molar-refractivity contribution in [1.29, 1.82) is 0 Å². The van der Waals surface area contributed by atoms with Crippen LogP contribution in [0.5, 0.6) is 0 Å². The number of hydrogen-bond donors (Lipinski definition) is 0. The molecule has 62 heavy (non-hydrogen) atoms. The van der Waals surface area contributed by atoms with E-state index in [9.17, 15) is 0 Å². The zero-order valence-electron chi connectivity index (χ0n) is 34.2. The van der Waals surface area contributed by atoms with Crippen molar-refractivity contribution in [1.82, 2.24) is 0 Å². The number of hydrogen-bond acceptors (Lipinski definition) is 3. The number of thiophene rings is 1. The van der Waals surface area contributed by atoms with Gasteiger partial charge in [0, 0.05) is 53.3 Å². The quantitative estimate of drug-likeness (QED) is 0.159. The molecular formula is C59H41NOS. The Morgan fingerprint density at radius 2 is 1.13 bits per heavy atom. The second-order valence-electron chi connectivity index (χ2n) is 16.6. The molecule has 12 rings (SSSR count). The standard InChI is InChI=1S/C59H41NOS/c1-59(42-33-36-48-47-21-6-9-27-52(47)61-53(48)38-42)37-12-11-30-56(59)60(43-34-31-40(32-35-43)45-24-15-29-55-58(45)50-22-7-10-28-54(50)62-55)51-26-8-5-20-46(51)49-25-14-19-41-18-13-23-44(57(41)49)39-16-3-2-4-17-39/h2-38,56H,1H3. The minimum atomic E-state index is -0.442. The lowest BCUT2D eigenvalue weighted by Gasteiger charge is -2.44. The molecule has 0 aliphatic heterocycles. The van der Waals surface area contributed by atoms with E-state index in [1.807, 2.05) is 17.4 Å². The second-order valence-corrected chi connectivity index (χ2v) is 17.7. The Balaban J connectivity index is 1.07. The molecule has 0 amide bonds. The molecule has 0 fully saturated rings. The Labute approximate surface area is 364 Å². The van der Waals surface area contributed by atoms with Crippen LogP contribution in [-0.4, -0.2) is 6.04 Å². The van der Waals surface area contributed by atoms with Crippen molar-refractivity contribution in [3.8, 4) is 33.4 Å². The van der Waals surface area contributed by atoms with Crippen molar-refractivity contribution >= 4 is 75.6 Å². The first-order valence-corrected chi connectivity index (χ1v) is 22.2. The van der Waals surface area contributed by atoms with Crippen LogP contribution in [0.25, 0.3) is 86.3 Å². The molecular weight excluding hydrogens is 771 g/mol. The molecule has 1 aliphatic rings. The fourth-order valence-electron chi connectivity index (χ4n) is 10.0. The summed E-state index contributed by atoms with van der Waals surface area (Å²) < 4.78 is 9.14. The van der Waals surface area contributed by atoms with Gasteiger partial charge in [-0.05, 0) is 93.5 Å². The number of furan rings is 1. The highest BCUT2D eigenvalue weighted by atomic mass is 32.1. The molecule has 3 heteroatoms. The third kappa shape index (κ3) is 5.84. The summed E-state index contributed by atoms with van der Waals surface area (Å²) in [5, 5.41) is 7.37. The van der Waals surface area contributed by atoms with E-state index in [4.69, 9.17) is 4.42 Å². The van der Waals surface area contributed by atoms with Crippen molar-refractivity contribution in [3.63, 3.8) is 0 Å². The normalized spacial score (nSPS) is 16.2. The maximum absolute atomic E-state index is 6.51. The van der Waals surface area contributed by atoms with Gasteiger partial charge in [0.25, 0.3) is 0 Å². The topological polar surface area (TPSA) is 16.4 Å². The molecule has 0 spiro atoms. The number of anilines is 2. The molecule has 2 unspecified atom stereocenters. The van der Waals surface area contributed by atoms with Gasteiger partial charge < -0.3 is 9.32 Å². The first kappa shape index (κ1) is 36.4. The molecule has 294 valence electrons. The van der Waals surface area contributed by atoms with E-state index in [0.29, 0.717) is 0 Å². The van der Waals surface area contributed by atoms with Crippen LogP contribution in [0.1, 0.15) is 12.5 Å². The molecule has 2 heterocycles. The van der Waals surface area contributed by atoms with Crippen LogP contribution < -0.4 is 4.90 Å². The molecule has 2 atom stereocenters. The third-order valence-electron chi connectivity index (χ3n) is 13.0. The summed E-state index contributed by atoms with van der Waals surface area (Å²) in [6, 6.07) is 73.0. The Morgan fingerprint density at radius 1 is 0.484 bits per heavy atom. The highest BCUT2D eigenvalue weighted by Crippen LogP contribution is 2.48. The van der Waals surface area contributed by atoms with Crippen LogP contribution in [0, 0.1) is 0 Å². The van der Waals surface area contributed by atoms with Crippen LogP contribution in [0.2, 0.25) is 0 Å². The highest BCUT2D eigenvalue weighted by Gasteiger charge is 2.39. The number of fused-ring (bicyclic) bond motifs is 7. The zero-order valence-corrected chi connectivity index (χ0v) is 35.0. The fraction of sp³-hybridized carbons (Fsp3) is 0.0508. The Hall–Kier alpha value is -7.46. The van der Waals surface area contributed by atoms with Crippen LogP contribution in [0.15, 0.2) is 229 Å². The minimum absolute atomic E-state index is 0.103. The van der Waals surface area contributed by atoms with Gasteiger partial charge >= 0.3 is 0 Å². The van der Waals surface area contributed by atoms with E-state index in [1.165, 1.54) is 69.9 Å². The summed E-state index contributed by atoms with van der Waals surface area (Å²) in [7, 11) is 0. The molecule has 11 aromatic rings. The third-order valence-corrected chi connectivity index (χ3v) is 14.2. The van der Waals surface area contributed by atoms with Crippen LogP contribution in [-0.2, 0) is 5.41 Å². The highest BCUT2D eigenvalue weighted by molar-refractivity contribution is 7.25. The Bertz CT molecular complexity index is 3550. The molecule has 0 saturated heterocycles. The summed E-state index contributed by atoms with van der Waals surface area (Å²) in [6.45, 7) is 2.37. The van der Waals surface area contributed by atoms with Crippen molar-refractivity contribution in [2.45, 2.75) is 18.4 Å². The predicted molar refractivity (Wildman–Crippen MR) is 265 cm³/mol. The number of para-hydroxylation sites is 2. The van der Waals surface area contributed by atoms with E-state index in [-0.39, 0.29) is 6.04 Å². The number of benzene rings is 9. The smallest absolute Gasteiger partial charge is 0.135 e. The van der Waals surface area contributed by atoms with E-state index in [2.05, 4.69) is 230 Å². The maximum atomic E-state index is 6.51. The lowest BCUT2D eigenvalue weighted by molar-refractivity contribution is 0.511. The van der Waals surface area contributed by atoms with Crippen LogP contribution in [0.3, 0.4) is 0 Å². The second kappa shape index (κ2) is 14.6. The van der Waals surface area contributed by atoms with Crippen LogP contribution >= 0.6 is 11.3 Å². The fourth-order valence-corrected chi connectivity index (χ4v) is 11.1. The van der Waals surface area contributed by atoms with Gasteiger partial charge in [-0.1, -0.05) is 182 Å². The summed E-state index contributed by atoms with van der Waals surface area (Å²) in [4.78, 5) is 2.58. The summed E-state index contributed by atoms with van der Waals surface area (Å²) >= 11 is 1.86. The van der Waals surface area contributed by atoms with Crippen LogP contribution in [0.4, 0.5) is 11.4 Å². The molecule has 0 saturated carbocycles. The maximum Gasteiger partial charge on any atom is 0.135 e.